The van der Waals surface area contributed by atoms with Crippen LogP contribution in [0.15, 0.2) is 56.7 Å². The average molecular weight is 306 g/mol. The Labute approximate surface area is 112 Å². The van der Waals surface area contributed by atoms with Crippen molar-refractivity contribution in [3.8, 4) is 11.8 Å². The number of aromatic hydroxyl groups is 1. The van der Waals surface area contributed by atoms with Crippen LogP contribution in [0.1, 0.15) is 5.56 Å². The predicted octanol–water partition coefficient (Wildman–Crippen LogP) is 4.18. The fourth-order valence-corrected chi connectivity index (χ4v) is 2.39. The van der Waals surface area contributed by atoms with Gasteiger partial charge in [-0.15, -0.1) is 0 Å². The number of nitriles is 1. The topological polar surface area (TPSA) is 44.0 Å². The zero-order valence-electron chi connectivity index (χ0n) is 8.72. The van der Waals surface area contributed by atoms with Crippen LogP contribution in [0.5, 0.6) is 5.75 Å². The lowest BCUT2D eigenvalue weighted by molar-refractivity contribution is 0.462. The summed E-state index contributed by atoms with van der Waals surface area (Å²) in [5.41, 5.74) is 0.461. The molecule has 2 aromatic rings. The fourth-order valence-electron chi connectivity index (χ4n) is 1.30. The van der Waals surface area contributed by atoms with Crippen molar-refractivity contribution < 1.29 is 5.11 Å². The van der Waals surface area contributed by atoms with E-state index >= 15 is 0 Å². The van der Waals surface area contributed by atoms with Gasteiger partial charge in [-0.05, 0) is 42.5 Å². The summed E-state index contributed by atoms with van der Waals surface area (Å²) in [6, 6.07) is 14.7. The first-order valence-corrected chi connectivity index (χ1v) is 6.46. The van der Waals surface area contributed by atoms with Crippen LogP contribution in [0, 0.1) is 11.3 Å². The van der Waals surface area contributed by atoms with Gasteiger partial charge in [0.25, 0.3) is 0 Å². The van der Waals surface area contributed by atoms with E-state index in [9.17, 15) is 5.11 Å². The molecule has 0 amide bonds. The number of hydrogen-bond donors (Lipinski definition) is 1. The van der Waals surface area contributed by atoms with Crippen LogP contribution in [0.25, 0.3) is 0 Å². The van der Waals surface area contributed by atoms with Crippen molar-refractivity contribution in [3.05, 3.63) is 52.5 Å². The molecule has 0 saturated carbocycles. The molecule has 4 heteroatoms. The Kier molecular flexibility index (Phi) is 3.72. The molecule has 0 aliphatic carbocycles. The van der Waals surface area contributed by atoms with E-state index in [-0.39, 0.29) is 5.75 Å². The number of phenols is 1. The standard InChI is InChI=1S/C13H8BrNOS/c14-10-2-4-11(5-3-10)17-13-6-1-9(8-15)7-12(13)16/h1-7,16H. The second kappa shape index (κ2) is 5.26. The Morgan fingerprint density at radius 2 is 1.82 bits per heavy atom. The van der Waals surface area contributed by atoms with Gasteiger partial charge in [0.2, 0.25) is 0 Å². The predicted molar refractivity (Wildman–Crippen MR) is 71.1 cm³/mol. The molecule has 0 saturated heterocycles. The van der Waals surface area contributed by atoms with Crippen LogP contribution >= 0.6 is 27.7 Å². The number of hydrogen-bond acceptors (Lipinski definition) is 3. The summed E-state index contributed by atoms with van der Waals surface area (Å²) in [6.45, 7) is 0. The second-order valence-corrected chi connectivity index (χ2v) is 5.38. The molecule has 0 aliphatic heterocycles. The van der Waals surface area contributed by atoms with Gasteiger partial charge in [-0.1, -0.05) is 27.7 Å². The molecule has 2 nitrogen and oxygen atoms in total. The van der Waals surface area contributed by atoms with Crippen LogP contribution in [0.4, 0.5) is 0 Å². The lowest BCUT2D eigenvalue weighted by atomic mass is 10.2. The molecule has 2 rings (SSSR count). The largest absolute Gasteiger partial charge is 0.507 e. The van der Waals surface area contributed by atoms with Crippen LogP contribution < -0.4 is 0 Å². The van der Waals surface area contributed by atoms with Gasteiger partial charge < -0.3 is 5.11 Å². The minimum atomic E-state index is 0.136. The lowest BCUT2D eigenvalue weighted by Crippen LogP contribution is -1.78. The lowest BCUT2D eigenvalue weighted by Gasteiger charge is -2.04. The smallest absolute Gasteiger partial charge is 0.130 e. The van der Waals surface area contributed by atoms with Crippen LogP contribution in [-0.2, 0) is 0 Å². The number of halogens is 1. The molecule has 0 heterocycles. The van der Waals surface area contributed by atoms with Gasteiger partial charge >= 0.3 is 0 Å². The Balaban J connectivity index is 2.25. The van der Waals surface area contributed by atoms with Crippen molar-refractivity contribution in [3.63, 3.8) is 0 Å². The van der Waals surface area contributed by atoms with Gasteiger partial charge in [-0.2, -0.15) is 5.26 Å². The highest BCUT2D eigenvalue weighted by Crippen LogP contribution is 2.35. The van der Waals surface area contributed by atoms with Crippen molar-refractivity contribution in [2.75, 3.05) is 0 Å². The van der Waals surface area contributed by atoms with Gasteiger partial charge in [-0.25, -0.2) is 0 Å². The van der Waals surface area contributed by atoms with E-state index in [4.69, 9.17) is 5.26 Å². The van der Waals surface area contributed by atoms with E-state index in [0.29, 0.717) is 5.56 Å². The number of phenolic OH excluding ortho intramolecular Hbond substituents is 1. The quantitative estimate of drug-likeness (QED) is 0.905. The summed E-state index contributed by atoms with van der Waals surface area (Å²) in [7, 11) is 0. The van der Waals surface area contributed by atoms with Gasteiger partial charge in [0.15, 0.2) is 0 Å². The molecule has 0 unspecified atom stereocenters. The normalized spacial score (nSPS) is 9.88. The number of rotatable bonds is 2. The summed E-state index contributed by atoms with van der Waals surface area (Å²) < 4.78 is 1.02. The Morgan fingerprint density at radius 3 is 2.41 bits per heavy atom. The second-order valence-electron chi connectivity index (χ2n) is 3.35. The minimum absolute atomic E-state index is 0.136. The highest BCUT2D eigenvalue weighted by molar-refractivity contribution is 9.10. The maximum Gasteiger partial charge on any atom is 0.130 e. The zero-order valence-corrected chi connectivity index (χ0v) is 11.1. The zero-order chi connectivity index (χ0) is 12.3. The summed E-state index contributed by atoms with van der Waals surface area (Å²) in [5, 5.41) is 18.5. The van der Waals surface area contributed by atoms with Gasteiger partial charge in [0, 0.05) is 9.37 Å². The first kappa shape index (κ1) is 12.0. The third-order valence-corrected chi connectivity index (χ3v) is 3.73. The van der Waals surface area contributed by atoms with E-state index in [1.54, 1.807) is 12.1 Å². The molecule has 84 valence electrons. The highest BCUT2D eigenvalue weighted by atomic mass is 79.9. The third kappa shape index (κ3) is 3.02. The van der Waals surface area contributed by atoms with Crippen molar-refractivity contribution in [1.82, 2.24) is 0 Å². The molecule has 0 atom stereocenters. The summed E-state index contributed by atoms with van der Waals surface area (Å²) >= 11 is 4.83. The summed E-state index contributed by atoms with van der Waals surface area (Å²) in [5.74, 6) is 0.136. The van der Waals surface area contributed by atoms with E-state index < -0.39 is 0 Å². The monoisotopic (exact) mass is 305 g/mol. The molecule has 2 aromatic carbocycles. The summed E-state index contributed by atoms with van der Waals surface area (Å²) in [4.78, 5) is 1.78. The average Bonchev–Trinajstić information content (AvgIpc) is 2.34. The number of nitrogens with zero attached hydrogens (tertiary/aromatic N) is 1. The third-order valence-electron chi connectivity index (χ3n) is 2.13. The van der Waals surface area contributed by atoms with E-state index in [2.05, 4.69) is 15.9 Å². The van der Waals surface area contributed by atoms with Crippen molar-refractivity contribution in [2.24, 2.45) is 0 Å². The Bertz CT molecular complexity index is 575. The molecule has 0 radical (unpaired) electrons. The van der Waals surface area contributed by atoms with Gasteiger partial charge in [-0.3, -0.25) is 0 Å². The molecule has 0 spiro atoms. The number of benzene rings is 2. The molecule has 0 fully saturated rings. The maximum atomic E-state index is 9.76. The molecule has 17 heavy (non-hydrogen) atoms. The van der Waals surface area contributed by atoms with E-state index in [1.165, 1.54) is 17.8 Å². The van der Waals surface area contributed by atoms with Crippen molar-refractivity contribution in [2.45, 2.75) is 9.79 Å². The molecule has 0 aliphatic rings. The van der Waals surface area contributed by atoms with Crippen molar-refractivity contribution in [1.29, 1.82) is 5.26 Å². The fraction of sp³-hybridized carbons (Fsp3) is 0. The Hall–Kier alpha value is -1.44. The highest BCUT2D eigenvalue weighted by Gasteiger charge is 2.04. The first-order valence-electron chi connectivity index (χ1n) is 4.85. The van der Waals surface area contributed by atoms with Crippen LogP contribution in [0.3, 0.4) is 0 Å². The van der Waals surface area contributed by atoms with Crippen LogP contribution in [0.2, 0.25) is 0 Å². The minimum Gasteiger partial charge on any atom is -0.507 e. The molecule has 1 N–H and O–H groups in total. The SMILES string of the molecule is N#Cc1ccc(Sc2ccc(Br)cc2)c(O)c1. The van der Waals surface area contributed by atoms with Gasteiger partial charge in [0.1, 0.15) is 5.75 Å². The van der Waals surface area contributed by atoms with E-state index in [1.807, 2.05) is 30.3 Å². The molecular formula is C13H8BrNOS. The maximum absolute atomic E-state index is 9.76. The van der Waals surface area contributed by atoms with Crippen LogP contribution in [-0.4, -0.2) is 5.11 Å². The van der Waals surface area contributed by atoms with Gasteiger partial charge in [0.05, 0.1) is 16.5 Å². The summed E-state index contributed by atoms with van der Waals surface area (Å²) in [6.07, 6.45) is 0. The molecule has 0 bridgehead atoms. The molecule has 0 aromatic heterocycles. The van der Waals surface area contributed by atoms with Crippen molar-refractivity contribution >= 4 is 27.7 Å². The Morgan fingerprint density at radius 1 is 1.12 bits per heavy atom. The molecular weight excluding hydrogens is 298 g/mol. The first-order chi connectivity index (χ1) is 8.19. The van der Waals surface area contributed by atoms with E-state index in [0.717, 1.165) is 14.3 Å².